The van der Waals surface area contributed by atoms with Crippen molar-refractivity contribution in [2.24, 2.45) is 5.10 Å². The van der Waals surface area contributed by atoms with Crippen LogP contribution < -0.4 is 5.43 Å². The molecule has 0 bridgehead atoms. The molecule has 0 aliphatic carbocycles. The van der Waals surface area contributed by atoms with E-state index in [0.717, 1.165) is 22.5 Å². The molecule has 6 heteroatoms. The molecular formula is C19H15Cl2N3S. The number of aromatic nitrogens is 1. The molecule has 0 saturated carbocycles. The van der Waals surface area contributed by atoms with Crippen molar-refractivity contribution < 1.29 is 0 Å². The standard InChI is InChI=1S/C19H15Cl2N3S/c1-13(7-8-14-5-3-2-4-6-14)23-24-19-22-18(12-25-19)16-10-9-15(20)11-17(16)21/h2-12H,1H3,(H,22,24). The molecule has 25 heavy (non-hydrogen) atoms. The molecule has 0 spiro atoms. The Hall–Kier alpha value is -2.14. The van der Waals surface area contributed by atoms with Crippen LogP contribution in [0.4, 0.5) is 5.13 Å². The molecule has 0 aliphatic rings. The Morgan fingerprint density at radius 1 is 1.16 bits per heavy atom. The third-order valence-corrected chi connectivity index (χ3v) is 4.65. The first-order valence-electron chi connectivity index (χ1n) is 7.56. The first-order valence-corrected chi connectivity index (χ1v) is 9.20. The summed E-state index contributed by atoms with van der Waals surface area (Å²) >= 11 is 13.6. The van der Waals surface area contributed by atoms with E-state index in [1.54, 1.807) is 12.1 Å². The maximum absolute atomic E-state index is 6.22. The molecule has 0 saturated heterocycles. The number of hydrazone groups is 1. The van der Waals surface area contributed by atoms with Gasteiger partial charge in [-0.2, -0.15) is 5.10 Å². The number of allylic oxidation sites excluding steroid dienone is 1. The van der Waals surface area contributed by atoms with Gasteiger partial charge in [0, 0.05) is 16.0 Å². The number of anilines is 1. The van der Waals surface area contributed by atoms with Gasteiger partial charge in [0.25, 0.3) is 0 Å². The number of nitrogens with zero attached hydrogens (tertiary/aromatic N) is 2. The molecule has 126 valence electrons. The molecule has 0 fully saturated rings. The van der Waals surface area contributed by atoms with Crippen LogP contribution in [-0.2, 0) is 0 Å². The number of hydrogen-bond donors (Lipinski definition) is 1. The van der Waals surface area contributed by atoms with Gasteiger partial charge in [0.15, 0.2) is 0 Å². The van der Waals surface area contributed by atoms with E-state index in [0.29, 0.717) is 15.2 Å². The third kappa shape index (κ3) is 4.92. The van der Waals surface area contributed by atoms with Gasteiger partial charge in [-0.05, 0) is 36.8 Å². The topological polar surface area (TPSA) is 37.3 Å². The van der Waals surface area contributed by atoms with Crippen molar-refractivity contribution >= 4 is 51.5 Å². The second kappa shape index (κ2) is 8.30. The van der Waals surface area contributed by atoms with Gasteiger partial charge in [-0.1, -0.05) is 59.6 Å². The Balaban J connectivity index is 1.68. The first-order chi connectivity index (χ1) is 12.1. The molecule has 0 atom stereocenters. The number of rotatable bonds is 5. The molecule has 0 unspecified atom stereocenters. The van der Waals surface area contributed by atoms with Gasteiger partial charge in [0.1, 0.15) is 0 Å². The fourth-order valence-corrected chi connectivity index (χ4v) is 3.26. The van der Waals surface area contributed by atoms with E-state index in [2.05, 4.69) is 15.5 Å². The Labute approximate surface area is 160 Å². The van der Waals surface area contributed by atoms with Crippen molar-refractivity contribution in [3.05, 3.63) is 75.6 Å². The number of benzene rings is 2. The Morgan fingerprint density at radius 2 is 1.96 bits per heavy atom. The van der Waals surface area contributed by atoms with Crippen molar-refractivity contribution in [3.63, 3.8) is 0 Å². The molecule has 0 amide bonds. The second-order valence-corrected chi connectivity index (χ2v) is 6.97. The zero-order valence-electron chi connectivity index (χ0n) is 13.4. The van der Waals surface area contributed by atoms with Crippen molar-refractivity contribution in [2.75, 3.05) is 5.43 Å². The van der Waals surface area contributed by atoms with E-state index in [1.807, 2.05) is 60.9 Å². The van der Waals surface area contributed by atoms with Gasteiger partial charge in [0.2, 0.25) is 5.13 Å². The molecule has 3 aromatic rings. The Bertz CT molecular complexity index is 917. The zero-order chi connectivity index (χ0) is 17.6. The van der Waals surface area contributed by atoms with Crippen LogP contribution in [-0.4, -0.2) is 10.7 Å². The third-order valence-electron chi connectivity index (χ3n) is 3.36. The summed E-state index contributed by atoms with van der Waals surface area (Å²) in [4.78, 5) is 4.51. The van der Waals surface area contributed by atoms with Crippen molar-refractivity contribution in [1.82, 2.24) is 4.98 Å². The van der Waals surface area contributed by atoms with Gasteiger partial charge < -0.3 is 0 Å². The number of thiazole rings is 1. The van der Waals surface area contributed by atoms with Gasteiger partial charge >= 0.3 is 0 Å². The summed E-state index contributed by atoms with van der Waals surface area (Å²) in [6, 6.07) is 15.5. The minimum atomic E-state index is 0.579. The predicted octanol–water partition coefficient (Wildman–Crippen LogP) is 6.62. The van der Waals surface area contributed by atoms with E-state index >= 15 is 0 Å². The predicted molar refractivity (Wildman–Crippen MR) is 110 cm³/mol. The van der Waals surface area contributed by atoms with Crippen LogP contribution in [0.3, 0.4) is 0 Å². The second-order valence-electron chi connectivity index (χ2n) is 5.27. The highest BCUT2D eigenvalue weighted by atomic mass is 35.5. The number of halogens is 2. The zero-order valence-corrected chi connectivity index (χ0v) is 15.7. The monoisotopic (exact) mass is 387 g/mol. The highest BCUT2D eigenvalue weighted by Gasteiger charge is 2.08. The number of nitrogens with one attached hydrogen (secondary N) is 1. The molecule has 3 rings (SSSR count). The van der Waals surface area contributed by atoms with Gasteiger partial charge in [0.05, 0.1) is 16.4 Å². The Morgan fingerprint density at radius 3 is 2.72 bits per heavy atom. The maximum atomic E-state index is 6.22. The minimum absolute atomic E-state index is 0.579. The van der Waals surface area contributed by atoms with Crippen LogP contribution in [0.2, 0.25) is 10.0 Å². The summed E-state index contributed by atoms with van der Waals surface area (Å²) in [6.07, 6.45) is 3.97. The highest BCUT2D eigenvalue weighted by Crippen LogP contribution is 2.32. The molecule has 0 radical (unpaired) electrons. The maximum Gasteiger partial charge on any atom is 0.203 e. The van der Waals surface area contributed by atoms with Crippen LogP contribution in [0.25, 0.3) is 17.3 Å². The summed E-state index contributed by atoms with van der Waals surface area (Å²) in [7, 11) is 0. The lowest BCUT2D eigenvalue weighted by molar-refractivity contribution is 1.28. The van der Waals surface area contributed by atoms with Crippen LogP contribution in [0.1, 0.15) is 12.5 Å². The molecule has 0 aliphatic heterocycles. The first kappa shape index (κ1) is 17.7. The summed E-state index contributed by atoms with van der Waals surface area (Å²) < 4.78 is 0. The SMILES string of the molecule is CC(C=Cc1ccccc1)=NNc1nc(-c2ccc(Cl)cc2Cl)cs1. The summed E-state index contributed by atoms with van der Waals surface area (Å²) in [5, 5.41) is 8.14. The lowest BCUT2D eigenvalue weighted by atomic mass is 10.2. The Kier molecular flexibility index (Phi) is 5.87. The van der Waals surface area contributed by atoms with Crippen LogP contribution >= 0.6 is 34.5 Å². The summed E-state index contributed by atoms with van der Waals surface area (Å²) in [5.41, 5.74) is 6.60. The summed E-state index contributed by atoms with van der Waals surface area (Å²) in [5.74, 6) is 0. The average molecular weight is 388 g/mol. The molecule has 1 aromatic heterocycles. The van der Waals surface area contributed by atoms with Gasteiger partial charge in [-0.3, -0.25) is 5.43 Å². The van der Waals surface area contributed by atoms with Gasteiger partial charge in [-0.15, -0.1) is 11.3 Å². The van der Waals surface area contributed by atoms with E-state index in [4.69, 9.17) is 23.2 Å². The summed E-state index contributed by atoms with van der Waals surface area (Å²) in [6.45, 7) is 1.93. The molecule has 2 aromatic carbocycles. The lowest BCUT2D eigenvalue weighted by Crippen LogP contribution is -1.94. The van der Waals surface area contributed by atoms with Crippen molar-refractivity contribution in [3.8, 4) is 11.3 Å². The average Bonchev–Trinajstić information content (AvgIpc) is 3.08. The normalized spacial score (nSPS) is 11.9. The minimum Gasteiger partial charge on any atom is -0.252 e. The highest BCUT2D eigenvalue weighted by molar-refractivity contribution is 7.14. The lowest BCUT2D eigenvalue weighted by Gasteiger charge is -2.00. The quantitative estimate of drug-likeness (QED) is 0.394. The largest absolute Gasteiger partial charge is 0.252 e. The van der Waals surface area contributed by atoms with Crippen LogP contribution in [0.5, 0.6) is 0 Å². The van der Waals surface area contributed by atoms with E-state index in [-0.39, 0.29) is 0 Å². The smallest absolute Gasteiger partial charge is 0.203 e. The molecule has 1 heterocycles. The molecule has 3 nitrogen and oxygen atoms in total. The number of hydrogen-bond acceptors (Lipinski definition) is 4. The molecular weight excluding hydrogens is 373 g/mol. The van der Waals surface area contributed by atoms with Crippen molar-refractivity contribution in [2.45, 2.75) is 6.92 Å². The van der Waals surface area contributed by atoms with Crippen molar-refractivity contribution in [1.29, 1.82) is 0 Å². The van der Waals surface area contributed by atoms with Gasteiger partial charge in [-0.25, -0.2) is 4.98 Å². The van der Waals surface area contributed by atoms with Crippen LogP contribution in [0, 0.1) is 0 Å². The van der Waals surface area contributed by atoms with E-state index in [9.17, 15) is 0 Å². The van der Waals surface area contributed by atoms with E-state index in [1.165, 1.54) is 11.3 Å². The fourth-order valence-electron chi connectivity index (χ4n) is 2.10. The molecule has 1 N–H and O–H groups in total. The fraction of sp³-hybridized carbons (Fsp3) is 0.0526. The van der Waals surface area contributed by atoms with E-state index < -0.39 is 0 Å². The van der Waals surface area contributed by atoms with Crippen LogP contribution in [0.15, 0.2) is 65.1 Å².